The molecule has 0 radical (unpaired) electrons. The Labute approximate surface area is 304 Å². The Kier molecular flexibility index (Phi) is 12.6. The zero-order valence-corrected chi connectivity index (χ0v) is 30.9. The summed E-state index contributed by atoms with van der Waals surface area (Å²) < 4.78 is 0. The number of halogens is 1. The number of likely N-dealkylation sites (N-methyl/N-ethyl adjacent to an activating group) is 1. The van der Waals surface area contributed by atoms with E-state index < -0.39 is 23.8 Å². The van der Waals surface area contributed by atoms with E-state index >= 15 is 4.79 Å². The molecular weight excluding hydrogens is 650 g/mol. The Bertz CT molecular complexity index is 1460. The van der Waals surface area contributed by atoms with Crippen LogP contribution in [-0.2, 0) is 32.0 Å². The van der Waals surface area contributed by atoms with Gasteiger partial charge in [0.15, 0.2) is 0 Å². The Morgan fingerprint density at radius 2 is 1.46 bits per heavy atom. The average molecular weight is 706 g/mol. The first-order valence-corrected chi connectivity index (χ1v) is 18.7. The van der Waals surface area contributed by atoms with Gasteiger partial charge in [-0.15, -0.1) is 12.4 Å². The third-order valence-corrected chi connectivity index (χ3v) is 11.9. The van der Waals surface area contributed by atoms with Crippen LogP contribution in [0.3, 0.4) is 0 Å². The quantitative estimate of drug-likeness (QED) is 0.342. The summed E-state index contributed by atoms with van der Waals surface area (Å²) in [7, 11) is 1.77. The number of hydrogen-bond donors (Lipinski definition) is 2. The van der Waals surface area contributed by atoms with Gasteiger partial charge in [-0.1, -0.05) is 98.7 Å². The van der Waals surface area contributed by atoms with Crippen molar-refractivity contribution in [2.24, 2.45) is 11.8 Å². The average Bonchev–Trinajstić information content (AvgIpc) is 3.47. The van der Waals surface area contributed by atoms with Gasteiger partial charge >= 0.3 is 0 Å². The van der Waals surface area contributed by atoms with Crippen molar-refractivity contribution in [3.05, 3.63) is 71.3 Å². The van der Waals surface area contributed by atoms with E-state index in [2.05, 4.69) is 22.8 Å². The van der Waals surface area contributed by atoms with E-state index in [1.807, 2.05) is 61.2 Å². The van der Waals surface area contributed by atoms with Gasteiger partial charge in [-0.25, -0.2) is 0 Å². The summed E-state index contributed by atoms with van der Waals surface area (Å²) in [5, 5.41) is 6.51. The van der Waals surface area contributed by atoms with Crippen LogP contribution in [-0.4, -0.2) is 88.8 Å². The van der Waals surface area contributed by atoms with E-state index in [4.69, 9.17) is 0 Å². The highest BCUT2D eigenvalue weighted by Gasteiger charge is 2.59. The molecular formula is C40H56ClN5O4. The van der Waals surface area contributed by atoms with Crippen LogP contribution in [0.25, 0.3) is 0 Å². The van der Waals surface area contributed by atoms with Gasteiger partial charge in [0.1, 0.15) is 24.3 Å². The van der Waals surface area contributed by atoms with Gasteiger partial charge in [-0.3, -0.25) is 19.2 Å². The maximum atomic E-state index is 15.6. The van der Waals surface area contributed by atoms with E-state index in [0.717, 1.165) is 80.9 Å². The van der Waals surface area contributed by atoms with Crippen molar-refractivity contribution >= 4 is 36.0 Å². The van der Waals surface area contributed by atoms with Crippen molar-refractivity contribution < 1.29 is 19.2 Å². The minimum Gasteiger partial charge on any atom is -0.340 e. The third-order valence-electron chi connectivity index (χ3n) is 11.9. The molecule has 2 saturated heterocycles. The van der Waals surface area contributed by atoms with E-state index in [-0.39, 0.29) is 61.0 Å². The molecule has 0 unspecified atom stereocenters. The molecule has 0 bridgehead atoms. The number of fused-ring (bicyclic) bond motifs is 1. The predicted molar refractivity (Wildman–Crippen MR) is 198 cm³/mol. The van der Waals surface area contributed by atoms with Crippen molar-refractivity contribution in [2.75, 3.05) is 26.7 Å². The first-order chi connectivity index (χ1) is 23.7. The minimum atomic E-state index is -1.10. The maximum Gasteiger partial charge on any atom is 0.251 e. The minimum absolute atomic E-state index is 0. The first-order valence-electron chi connectivity index (χ1n) is 18.7. The maximum absolute atomic E-state index is 15.6. The fourth-order valence-electron chi connectivity index (χ4n) is 9.02. The Morgan fingerprint density at radius 1 is 0.860 bits per heavy atom. The normalized spacial score (nSPS) is 22.6. The molecule has 2 heterocycles. The molecule has 9 nitrogen and oxygen atoms in total. The van der Waals surface area contributed by atoms with Crippen LogP contribution in [0.15, 0.2) is 54.6 Å². The largest absolute Gasteiger partial charge is 0.340 e. The summed E-state index contributed by atoms with van der Waals surface area (Å²) in [6, 6.07) is 17.1. The highest BCUT2D eigenvalue weighted by molar-refractivity contribution is 5.99. The van der Waals surface area contributed by atoms with Crippen LogP contribution in [0.2, 0.25) is 0 Å². The SMILES string of the molecule is CN[C@@H](C)C(=O)NC(C(=O)N1CC(=O)N2[C@@H]1CN(CCc1ccccc1)C(=O)[C@@H]2Cc1ccc(C)cc1)(C1CCCCC1)C1CCCCC1.Cl. The number of amides is 4. The summed E-state index contributed by atoms with van der Waals surface area (Å²) in [5.41, 5.74) is 2.16. The monoisotopic (exact) mass is 705 g/mol. The molecule has 4 amide bonds. The second kappa shape index (κ2) is 16.7. The number of carbonyl (C=O) groups excluding carboxylic acids is 4. The van der Waals surface area contributed by atoms with Gasteiger partial charge in [0.2, 0.25) is 17.7 Å². The van der Waals surface area contributed by atoms with E-state index in [0.29, 0.717) is 19.4 Å². The highest BCUT2D eigenvalue weighted by Crippen LogP contribution is 2.45. The number of aryl methyl sites for hydroxylation is 1. The Hall–Kier alpha value is -3.43. The van der Waals surface area contributed by atoms with Gasteiger partial charge in [0.05, 0.1) is 12.6 Å². The molecule has 50 heavy (non-hydrogen) atoms. The predicted octanol–water partition coefficient (Wildman–Crippen LogP) is 5.03. The van der Waals surface area contributed by atoms with Gasteiger partial charge in [0, 0.05) is 13.0 Å². The molecule has 0 spiro atoms. The van der Waals surface area contributed by atoms with Crippen LogP contribution in [0.5, 0.6) is 0 Å². The summed E-state index contributed by atoms with van der Waals surface area (Å²) in [5.74, 6) is -0.571. The summed E-state index contributed by atoms with van der Waals surface area (Å²) in [6.45, 7) is 4.55. The fourth-order valence-corrected chi connectivity index (χ4v) is 9.02. The lowest BCUT2D eigenvalue weighted by Crippen LogP contribution is -2.72. The Morgan fingerprint density at radius 3 is 2.04 bits per heavy atom. The number of carbonyl (C=O) groups is 4. The molecule has 2 aliphatic carbocycles. The lowest BCUT2D eigenvalue weighted by Gasteiger charge is -2.51. The lowest BCUT2D eigenvalue weighted by molar-refractivity contribution is -0.160. The summed E-state index contributed by atoms with van der Waals surface area (Å²) in [6.07, 6.45) is 10.4. The van der Waals surface area contributed by atoms with Crippen LogP contribution in [0.1, 0.15) is 87.8 Å². The number of rotatable bonds is 11. The molecule has 2 aromatic carbocycles. The van der Waals surface area contributed by atoms with Crippen molar-refractivity contribution in [2.45, 2.75) is 115 Å². The summed E-state index contributed by atoms with van der Waals surface area (Å²) in [4.78, 5) is 63.2. The third kappa shape index (κ3) is 7.74. The van der Waals surface area contributed by atoms with Gasteiger partial charge < -0.3 is 25.3 Å². The van der Waals surface area contributed by atoms with Crippen LogP contribution in [0, 0.1) is 18.8 Å². The molecule has 4 fully saturated rings. The second-order valence-corrected chi connectivity index (χ2v) is 15.0. The topological polar surface area (TPSA) is 102 Å². The standard InChI is InChI=1S/C40H55N5O4.ClH/c1-28-19-21-31(22-20-28)25-34-38(48)43(24-23-30-13-7-4-8-14-30)26-35-44(27-36(46)45(34)35)39(49)40(32-15-9-5-10-16-32,33-17-11-6-12-18-33)42-37(47)29(2)41-3;/h4,7-8,13-14,19-22,29,32-35,41H,5-6,9-12,15-18,23-27H2,1-3H3,(H,42,47);1H/t29-,34-,35+;/m0./s1. The molecule has 10 heteroatoms. The van der Waals surface area contributed by atoms with Crippen molar-refractivity contribution in [3.63, 3.8) is 0 Å². The van der Waals surface area contributed by atoms with Crippen molar-refractivity contribution in [1.82, 2.24) is 25.3 Å². The summed E-state index contributed by atoms with van der Waals surface area (Å²) >= 11 is 0. The van der Waals surface area contributed by atoms with Gasteiger partial charge in [0.25, 0.3) is 5.91 Å². The number of hydrogen-bond acceptors (Lipinski definition) is 5. The fraction of sp³-hybridized carbons (Fsp3) is 0.600. The molecule has 2 aliphatic heterocycles. The zero-order valence-electron chi connectivity index (χ0n) is 30.1. The van der Waals surface area contributed by atoms with Crippen molar-refractivity contribution in [1.29, 1.82) is 0 Å². The number of nitrogens with zero attached hydrogens (tertiary/aromatic N) is 3. The molecule has 2 N–H and O–H groups in total. The van der Waals surface area contributed by atoms with Crippen LogP contribution in [0.4, 0.5) is 0 Å². The highest BCUT2D eigenvalue weighted by atomic mass is 35.5. The van der Waals surface area contributed by atoms with Crippen LogP contribution >= 0.6 is 12.4 Å². The van der Waals surface area contributed by atoms with Crippen molar-refractivity contribution in [3.8, 4) is 0 Å². The molecule has 2 saturated carbocycles. The Balaban J connectivity index is 0.00000486. The molecule has 4 aliphatic rings. The zero-order chi connectivity index (χ0) is 34.5. The number of piperazine rings is 1. The smallest absolute Gasteiger partial charge is 0.251 e. The van der Waals surface area contributed by atoms with E-state index in [1.165, 1.54) is 0 Å². The molecule has 6 rings (SSSR count). The van der Waals surface area contributed by atoms with Crippen LogP contribution < -0.4 is 10.6 Å². The second-order valence-electron chi connectivity index (χ2n) is 15.0. The molecule has 272 valence electrons. The van der Waals surface area contributed by atoms with Gasteiger partial charge in [-0.05, 0) is 76.0 Å². The number of benzene rings is 2. The van der Waals surface area contributed by atoms with Gasteiger partial charge in [-0.2, -0.15) is 0 Å². The molecule has 2 aromatic rings. The molecule has 0 aromatic heterocycles. The number of nitrogens with one attached hydrogen (secondary N) is 2. The molecule has 3 atom stereocenters. The van der Waals surface area contributed by atoms with E-state index in [1.54, 1.807) is 16.8 Å². The van der Waals surface area contributed by atoms with E-state index in [9.17, 15) is 14.4 Å². The first kappa shape index (κ1) is 37.8. The lowest BCUT2D eigenvalue weighted by atomic mass is 9.63.